The molecule has 0 bridgehead atoms. The Kier molecular flexibility index (Phi) is 8.60. The third kappa shape index (κ3) is 5.22. The summed E-state index contributed by atoms with van der Waals surface area (Å²) in [6.07, 6.45) is 3.68. The number of hydrogen-bond acceptors (Lipinski definition) is 4. The number of hydrogen-bond donors (Lipinski definition) is 1. The molecule has 2 N–H and O–H groups in total. The Labute approximate surface area is 167 Å². The van der Waals surface area contributed by atoms with Crippen LogP contribution in [0.1, 0.15) is 31.2 Å². The van der Waals surface area contributed by atoms with Gasteiger partial charge in [-0.15, -0.1) is 24.8 Å². The lowest BCUT2D eigenvalue weighted by molar-refractivity contribution is -0.131. The lowest BCUT2D eigenvalue weighted by Gasteiger charge is -2.21. The number of carbonyl (C=O) groups excluding carboxylic acids is 1. The maximum atomic E-state index is 12.4. The molecule has 0 aliphatic carbocycles. The zero-order valence-electron chi connectivity index (χ0n) is 15.2. The number of aryl methyl sites for hydroxylation is 2. The van der Waals surface area contributed by atoms with E-state index in [-0.39, 0.29) is 36.8 Å². The fourth-order valence-corrected chi connectivity index (χ4v) is 3.30. The van der Waals surface area contributed by atoms with Gasteiger partial charge in [0.2, 0.25) is 5.91 Å². The van der Waals surface area contributed by atoms with Gasteiger partial charge in [0, 0.05) is 31.0 Å². The normalized spacial score (nSPS) is 19.0. The number of aromatic nitrogens is 1. The van der Waals surface area contributed by atoms with Gasteiger partial charge in [-0.2, -0.15) is 0 Å². The van der Waals surface area contributed by atoms with Crippen molar-refractivity contribution < 1.29 is 9.21 Å². The van der Waals surface area contributed by atoms with E-state index in [0.29, 0.717) is 31.2 Å². The van der Waals surface area contributed by atoms with E-state index in [9.17, 15) is 4.79 Å². The summed E-state index contributed by atoms with van der Waals surface area (Å²) in [5.74, 6) is 1.95. The number of nitrogens with two attached hydrogens (primary N) is 1. The van der Waals surface area contributed by atoms with Gasteiger partial charge in [-0.05, 0) is 32.7 Å². The van der Waals surface area contributed by atoms with Crippen molar-refractivity contribution in [3.63, 3.8) is 0 Å². The Morgan fingerprint density at radius 2 is 2.00 bits per heavy atom. The Morgan fingerprint density at radius 3 is 2.62 bits per heavy atom. The van der Waals surface area contributed by atoms with Crippen molar-refractivity contribution in [3.05, 3.63) is 41.9 Å². The zero-order valence-corrected chi connectivity index (χ0v) is 16.8. The van der Waals surface area contributed by atoms with Crippen LogP contribution in [0.3, 0.4) is 0 Å². The molecule has 2 heterocycles. The van der Waals surface area contributed by atoms with Gasteiger partial charge in [0.15, 0.2) is 11.7 Å². The number of likely N-dealkylation sites (tertiary alicyclic amines) is 1. The third-order valence-corrected chi connectivity index (χ3v) is 4.76. The lowest BCUT2D eigenvalue weighted by atomic mass is 10.1. The van der Waals surface area contributed by atoms with Crippen molar-refractivity contribution >= 4 is 30.7 Å². The summed E-state index contributed by atoms with van der Waals surface area (Å²) in [4.78, 5) is 18.7. The lowest BCUT2D eigenvalue weighted by Crippen LogP contribution is -2.34. The first-order valence-corrected chi connectivity index (χ1v) is 8.58. The molecule has 3 rings (SSSR count). The van der Waals surface area contributed by atoms with Gasteiger partial charge in [0.05, 0.1) is 6.20 Å². The third-order valence-electron chi connectivity index (χ3n) is 4.76. The average Bonchev–Trinajstić information content (AvgIpc) is 3.20. The molecule has 26 heavy (non-hydrogen) atoms. The Bertz CT molecular complexity index is 703. The molecule has 144 valence electrons. The second-order valence-corrected chi connectivity index (χ2v) is 6.72. The molecule has 1 aliphatic rings. The predicted molar refractivity (Wildman–Crippen MR) is 108 cm³/mol. The minimum absolute atomic E-state index is 0. The summed E-state index contributed by atoms with van der Waals surface area (Å²) in [7, 11) is 0. The molecule has 1 amide bonds. The van der Waals surface area contributed by atoms with Crippen LogP contribution in [0.15, 0.2) is 34.9 Å². The molecule has 1 aromatic carbocycles. The van der Waals surface area contributed by atoms with E-state index in [4.69, 9.17) is 10.2 Å². The van der Waals surface area contributed by atoms with Crippen LogP contribution in [-0.2, 0) is 11.2 Å². The van der Waals surface area contributed by atoms with Crippen molar-refractivity contribution in [1.29, 1.82) is 0 Å². The quantitative estimate of drug-likeness (QED) is 0.832. The molecule has 2 unspecified atom stereocenters. The van der Waals surface area contributed by atoms with Gasteiger partial charge in [-0.1, -0.05) is 29.8 Å². The number of oxazole rings is 1. The highest BCUT2D eigenvalue weighted by Crippen LogP contribution is 2.24. The van der Waals surface area contributed by atoms with Crippen LogP contribution in [0.2, 0.25) is 0 Å². The molecule has 1 fully saturated rings. The van der Waals surface area contributed by atoms with Crippen LogP contribution in [0, 0.1) is 12.8 Å². The van der Waals surface area contributed by atoms with E-state index in [1.807, 2.05) is 29.2 Å². The molecular weight excluding hydrogens is 373 g/mol. The second kappa shape index (κ2) is 9.95. The van der Waals surface area contributed by atoms with E-state index in [1.54, 1.807) is 6.20 Å². The first kappa shape index (κ1) is 22.5. The monoisotopic (exact) mass is 399 g/mol. The SMILES string of the molecule is Cc1ccc(-c2cnc(CCC(=O)N3CC(CN)CC3C)o2)cc1.Cl.Cl. The molecular formula is C19H27Cl2N3O2. The number of benzene rings is 1. The van der Waals surface area contributed by atoms with E-state index in [1.165, 1.54) is 5.56 Å². The van der Waals surface area contributed by atoms with Gasteiger partial charge < -0.3 is 15.1 Å². The number of rotatable bonds is 5. The highest BCUT2D eigenvalue weighted by Gasteiger charge is 2.31. The summed E-state index contributed by atoms with van der Waals surface area (Å²) < 4.78 is 5.79. The molecule has 0 radical (unpaired) electrons. The van der Waals surface area contributed by atoms with Crippen molar-refractivity contribution in [3.8, 4) is 11.3 Å². The zero-order chi connectivity index (χ0) is 17.1. The summed E-state index contributed by atoms with van der Waals surface area (Å²) >= 11 is 0. The highest BCUT2D eigenvalue weighted by atomic mass is 35.5. The summed E-state index contributed by atoms with van der Waals surface area (Å²) in [5, 5.41) is 0. The minimum atomic E-state index is 0. The number of carbonyl (C=O) groups is 1. The topological polar surface area (TPSA) is 72.4 Å². The molecule has 1 aliphatic heterocycles. The molecule has 0 saturated carbocycles. The molecule has 0 spiro atoms. The van der Waals surface area contributed by atoms with Crippen LogP contribution < -0.4 is 5.73 Å². The number of halogens is 2. The van der Waals surface area contributed by atoms with Crippen LogP contribution in [0.4, 0.5) is 0 Å². The maximum Gasteiger partial charge on any atom is 0.223 e. The van der Waals surface area contributed by atoms with E-state index < -0.39 is 0 Å². The molecule has 1 saturated heterocycles. The van der Waals surface area contributed by atoms with E-state index >= 15 is 0 Å². The first-order chi connectivity index (χ1) is 11.6. The highest BCUT2D eigenvalue weighted by molar-refractivity contribution is 5.85. The smallest absolute Gasteiger partial charge is 0.223 e. The second-order valence-electron chi connectivity index (χ2n) is 6.72. The van der Waals surface area contributed by atoms with Crippen molar-refractivity contribution in [2.45, 2.75) is 39.2 Å². The van der Waals surface area contributed by atoms with Crippen LogP contribution in [0.5, 0.6) is 0 Å². The molecule has 5 nitrogen and oxygen atoms in total. The Hall–Kier alpha value is -1.56. The van der Waals surface area contributed by atoms with Crippen molar-refractivity contribution in [1.82, 2.24) is 9.88 Å². The van der Waals surface area contributed by atoms with Crippen molar-refractivity contribution in [2.75, 3.05) is 13.1 Å². The summed E-state index contributed by atoms with van der Waals surface area (Å²) in [5.41, 5.74) is 7.94. The fourth-order valence-electron chi connectivity index (χ4n) is 3.30. The largest absolute Gasteiger partial charge is 0.441 e. The fraction of sp³-hybridized carbons (Fsp3) is 0.474. The van der Waals surface area contributed by atoms with Gasteiger partial charge in [-0.3, -0.25) is 4.79 Å². The van der Waals surface area contributed by atoms with Gasteiger partial charge in [0.1, 0.15) is 0 Å². The number of nitrogens with zero attached hydrogens (tertiary/aromatic N) is 2. The predicted octanol–water partition coefficient (Wildman–Crippen LogP) is 3.62. The summed E-state index contributed by atoms with van der Waals surface area (Å²) in [6, 6.07) is 8.40. The standard InChI is InChI=1S/C19H25N3O2.2ClH/c1-13-3-5-16(6-4-13)17-11-21-18(24-17)7-8-19(23)22-12-15(10-20)9-14(22)2;;/h3-6,11,14-15H,7-10,12,20H2,1-2H3;2*1H. The Morgan fingerprint density at radius 1 is 1.31 bits per heavy atom. The van der Waals surface area contributed by atoms with Gasteiger partial charge >= 0.3 is 0 Å². The molecule has 7 heteroatoms. The van der Waals surface area contributed by atoms with Gasteiger partial charge in [0.25, 0.3) is 0 Å². The van der Waals surface area contributed by atoms with Crippen molar-refractivity contribution in [2.24, 2.45) is 11.7 Å². The van der Waals surface area contributed by atoms with E-state index in [0.717, 1.165) is 24.3 Å². The molecule has 2 atom stereocenters. The van der Waals surface area contributed by atoms with Crippen LogP contribution >= 0.6 is 24.8 Å². The van der Waals surface area contributed by atoms with E-state index in [2.05, 4.69) is 18.8 Å². The molecule has 1 aromatic heterocycles. The first-order valence-electron chi connectivity index (χ1n) is 8.58. The van der Waals surface area contributed by atoms with Crippen LogP contribution in [-0.4, -0.2) is 34.9 Å². The average molecular weight is 400 g/mol. The molecule has 2 aromatic rings. The summed E-state index contributed by atoms with van der Waals surface area (Å²) in [6.45, 7) is 5.56. The maximum absolute atomic E-state index is 12.4. The minimum Gasteiger partial charge on any atom is -0.441 e. The number of amides is 1. The van der Waals surface area contributed by atoms with Gasteiger partial charge in [-0.25, -0.2) is 4.98 Å². The Balaban J connectivity index is 0.00000169. The van der Waals surface area contributed by atoms with Crippen LogP contribution in [0.25, 0.3) is 11.3 Å².